The summed E-state index contributed by atoms with van der Waals surface area (Å²) in [6.45, 7) is 1.33. The van der Waals surface area contributed by atoms with Gasteiger partial charge < -0.3 is 19.7 Å². The number of hydrogen-bond donors (Lipinski definition) is 2. The normalized spacial score (nSPS) is 10.2. The second kappa shape index (κ2) is 6.78. The van der Waals surface area contributed by atoms with Crippen molar-refractivity contribution in [3.8, 4) is 5.75 Å². The van der Waals surface area contributed by atoms with Gasteiger partial charge in [-0.05, 0) is 36.8 Å². The third-order valence-electron chi connectivity index (χ3n) is 3.17. The van der Waals surface area contributed by atoms with Crippen LogP contribution in [0.25, 0.3) is 0 Å². The molecule has 0 bridgehead atoms. The second-order valence-electron chi connectivity index (χ2n) is 4.98. The number of aryl methyl sites for hydroxylation is 2. The predicted octanol–water partition coefficient (Wildman–Crippen LogP) is 1.41. The molecule has 0 saturated carbocycles. The van der Waals surface area contributed by atoms with Gasteiger partial charge in [0.2, 0.25) is 0 Å². The van der Waals surface area contributed by atoms with Crippen LogP contribution in [0.15, 0.2) is 41.3 Å². The van der Waals surface area contributed by atoms with E-state index >= 15 is 0 Å². The molecule has 2 N–H and O–H groups in total. The molecule has 1 heterocycles. The second-order valence-corrected chi connectivity index (χ2v) is 4.98. The lowest BCUT2D eigenvalue weighted by atomic mass is 10.1. The first kappa shape index (κ1) is 16.3. The third-order valence-corrected chi connectivity index (χ3v) is 3.17. The van der Waals surface area contributed by atoms with Crippen molar-refractivity contribution in [2.75, 3.05) is 11.9 Å². The lowest BCUT2D eigenvalue weighted by molar-refractivity contribution is -0.139. The highest BCUT2D eigenvalue weighted by Crippen LogP contribution is 2.21. The van der Waals surface area contributed by atoms with Crippen LogP contribution in [0.1, 0.15) is 15.9 Å². The van der Waals surface area contributed by atoms with E-state index in [9.17, 15) is 14.4 Å². The summed E-state index contributed by atoms with van der Waals surface area (Å²) < 4.78 is 6.44. The molecule has 1 aromatic heterocycles. The lowest BCUT2D eigenvalue weighted by Crippen LogP contribution is -2.20. The molecule has 0 spiro atoms. The molecule has 23 heavy (non-hydrogen) atoms. The number of aliphatic carboxylic acids is 1. The maximum Gasteiger partial charge on any atom is 0.341 e. The summed E-state index contributed by atoms with van der Waals surface area (Å²) in [6.07, 6.45) is 1.52. The molecule has 7 heteroatoms. The fraction of sp³-hybridized carbons (Fsp3) is 0.188. The number of amides is 1. The Bertz CT molecular complexity index is 810. The smallest absolute Gasteiger partial charge is 0.341 e. The van der Waals surface area contributed by atoms with Crippen molar-refractivity contribution in [1.29, 1.82) is 0 Å². The van der Waals surface area contributed by atoms with Crippen LogP contribution in [0.2, 0.25) is 0 Å². The van der Waals surface area contributed by atoms with Crippen LogP contribution in [0.4, 0.5) is 5.69 Å². The van der Waals surface area contributed by atoms with Crippen molar-refractivity contribution in [3.05, 3.63) is 58.0 Å². The zero-order chi connectivity index (χ0) is 17.0. The standard InChI is InChI=1S/C16H16N2O5/c1-10-7-12(23-9-15(20)21)3-4-13(10)17-16(22)11-5-6-18(2)14(19)8-11/h3-8H,9H2,1-2H3,(H,17,22)(H,20,21). The number of carbonyl (C=O) groups is 2. The average molecular weight is 316 g/mol. The molecule has 1 aromatic carbocycles. The van der Waals surface area contributed by atoms with E-state index in [0.717, 1.165) is 0 Å². The third kappa shape index (κ3) is 4.19. The maximum atomic E-state index is 12.2. The number of ether oxygens (including phenoxy) is 1. The van der Waals surface area contributed by atoms with Gasteiger partial charge in [0.05, 0.1) is 0 Å². The number of anilines is 1. The number of carbonyl (C=O) groups excluding carboxylic acids is 1. The Hall–Kier alpha value is -3.09. The van der Waals surface area contributed by atoms with Crippen molar-refractivity contribution >= 4 is 17.6 Å². The minimum Gasteiger partial charge on any atom is -0.482 e. The van der Waals surface area contributed by atoms with Gasteiger partial charge in [0.25, 0.3) is 11.5 Å². The van der Waals surface area contributed by atoms with Crippen LogP contribution in [-0.2, 0) is 11.8 Å². The molecule has 0 aliphatic carbocycles. The highest BCUT2D eigenvalue weighted by atomic mass is 16.5. The number of hydrogen-bond acceptors (Lipinski definition) is 4. The van der Waals surface area contributed by atoms with Crippen molar-refractivity contribution < 1.29 is 19.4 Å². The van der Waals surface area contributed by atoms with Crippen LogP contribution < -0.4 is 15.6 Å². The van der Waals surface area contributed by atoms with E-state index in [-0.39, 0.29) is 11.1 Å². The largest absolute Gasteiger partial charge is 0.482 e. The van der Waals surface area contributed by atoms with Crippen LogP contribution in [-0.4, -0.2) is 28.2 Å². The Morgan fingerprint density at radius 3 is 2.61 bits per heavy atom. The van der Waals surface area contributed by atoms with Gasteiger partial charge in [-0.3, -0.25) is 9.59 Å². The fourth-order valence-corrected chi connectivity index (χ4v) is 1.90. The zero-order valence-corrected chi connectivity index (χ0v) is 12.7. The summed E-state index contributed by atoms with van der Waals surface area (Å²) in [6, 6.07) is 7.62. The quantitative estimate of drug-likeness (QED) is 0.869. The van der Waals surface area contributed by atoms with Crippen molar-refractivity contribution in [2.24, 2.45) is 7.05 Å². The molecule has 0 aliphatic heterocycles. The number of aromatic nitrogens is 1. The Balaban J connectivity index is 2.13. The molecule has 2 rings (SSSR count). The summed E-state index contributed by atoms with van der Waals surface area (Å²) >= 11 is 0. The molecule has 0 saturated heterocycles. The van der Waals surface area contributed by atoms with E-state index in [4.69, 9.17) is 9.84 Å². The monoisotopic (exact) mass is 316 g/mol. The van der Waals surface area contributed by atoms with E-state index in [1.165, 1.54) is 16.8 Å². The number of nitrogens with one attached hydrogen (secondary N) is 1. The van der Waals surface area contributed by atoms with E-state index in [0.29, 0.717) is 17.0 Å². The van der Waals surface area contributed by atoms with Gasteiger partial charge in [0.15, 0.2) is 6.61 Å². The number of carboxylic acids is 1. The summed E-state index contributed by atoms with van der Waals surface area (Å²) in [7, 11) is 1.60. The molecule has 0 fully saturated rings. The molecule has 2 aromatic rings. The number of benzene rings is 1. The van der Waals surface area contributed by atoms with Gasteiger partial charge in [-0.25, -0.2) is 4.79 Å². The van der Waals surface area contributed by atoms with E-state index in [1.807, 2.05) is 0 Å². The minimum atomic E-state index is -1.06. The van der Waals surface area contributed by atoms with Crippen molar-refractivity contribution in [3.63, 3.8) is 0 Å². The Labute approximate surface area is 132 Å². The number of nitrogens with zero attached hydrogens (tertiary/aromatic N) is 1. The van der Waals surface area contributed by atoms with Gasteiger partial charge >= 0.3 is 5.97 Å². The Kier molecular flexibility index (Phi) is 4.80. The van der Waals surface area contributed by atoms with Crippen molar-refractivity contribution in [2.45, 2.75) is 6.92 Å². The van der Waals surface area contributed by atoms with Crippen LogP contribution in [0.3, 0.4) is 0 Å². The summed E-state index contributed by atoms with van der Waals surface area (Å²) in [5.41, 5.74) is 1.26. The molecule has 1 amide bonds. The summed E-state index contributed by atoms with van der Waals surface area (Å²) in [4.78, 5) is 34.2. The highest BCUT2D eigenvalue weighted by Gasteiger charge is 2.10. The lowest BCUT2D eigenvalue weighted by Gasteiger charge is -2.11. The topological polar surface area (TPSA) is 97.6 Å². The Morgan fingerprint density at radius 2 is 2.00 bits per heavy atom. The predicted molar refractivity (Wildman–Crippen MR) is 83.9 cm³/mol. The molecular weight excluding hydrogens is 300 g/mol. The van der Waals surface area contributed by atoms with Gasteiger partial charge in [-0.15, -0.1) is 0 Å². The molecule has 0 aliphatic rings. The molecule has 120 valence electrons. The van der Waals surface area contributed by atoms with Crippen molar-refractivity contribution in [1.82, 2.24) is 4.57 Å². The average Bonchev–Trinajstić information content (AvgIpc) is 2.50. The first-order chi connectivity index (χ1) is 10.9. The molecular formula is C16H16N2O5. The number of carboxylic acid groups (broad SMARTS) is 1. The van der Waals surface area contributed by atoms with Crippen LogP contribution in [0.5, 0.6) is 5.75 Å². The summed E-state index contributed by atoms with van der Waals surface area (Å²) in [5.74, 6) is -1.06. The van der Waals surface area contributed by atoms with Crippen LogP contribution in [0, 0.1) is 6.92 Å². The van der Waals surface area contributed by atoms with Crippen LogP contribution >= 0.6 is 0 Å². The highest BCUT2D eigenvalue weighted by molar-refractivity contribution is 6.04. The zero-order valence-electron chi connectivity index (χ0n) is 12.7. The van der Waals surface area contributed by atoms with Gasteiger partial charge in [0.1, 0.15) is 5.75 Å². The summed E-state index contributed by atoms with van der Waals surface area (Å²) in [5, 5.41) is 11.3. The van der Waals surface area contributed by atoms with E-state index in [1.54, 1.807) is 38.2 Å². The molecule has 0 radical (unpaired) electrons. The van der Waals surface area contributed by atoms with E-state index in [2.05, 4.69) is 5.32 Å². The van der Waals surface area contributed by atoms with Gasteiger partial charge in [-0.2, -0.15) is 0 Å². The minimum absolute atomic E-state index is 0.263. The number of pyridine rings is 1. The SMILES string of the molecule is Cc1cc(OCC(=O)O)ccc1NC(=O)c1ccn(C)c(=O)c1. The maximum absolute atomic E-state index is 12.2. The molecule has 7 nitrogen and oxygen atoms in total. The molecule has 0 atom stereocenters. The fourth-order valence-electron chi connectivity index (χ4n) is 1.90. The Morgan fingerprint density at radius 1 is 1.26 bits per heavy atom. The van der Waals surface area contributed by atoms with Gasteiger partial charge in [0, 0.05) is 30.6 Å². The number of rotatable bonds is 5. The first-order valence-corrected chi connectivity index (χ1v) is 6.80. The van der Waals surface area contributed by atoms with Gasteiger partial charge in [-0.1, -0.05) is 0 Å². The molecule has 0 unspecified atom stereocenters. The van der Waals surface area contributed by atoms with E-state index < -0.39 is 18.5 Å². The first-order valence-electron chi connectivity index (χ1n) is 6.80.